The average molecular weight is 539 g/mol. The number of aromatic nitrogens is 2. The van der Waals surface area contributed by atoms with E-state index in [2.05, 4.69) is 22.1 Å². The highest BCUT2D eigenvalue weighted by molar-refractivity contribution is 5.96. The molecular weight excluding hydrogens is 512 g/mol. The molecule has 10 heteroatoms. The van der Waals surface area contributed by atoms with Crippen molar-refractivity contribution in [2.45, 2.75) is 62.7 Å². The molecule has 202 valence electrons. The number of carbonyl (C=O) groups excluding carboxylic acids is 2. The number of hydrogen-bond donors (Lipinski definition) is 4. The average Bonchev–Trinajstić information content (AvgIpc) is 3.70. The fraction of sp³-hybridized carbons (Fsp3) is 0.333. The summed E-state index contributed by atoms with van der Waals surface area (Å²) in [6.07, 6.45) is 2.49. The van der Waals surface area contributed by atoms with Gasteiger partial charge in [-0.2, -0.15) is 0 Å². The molecule has 0 aliphatic carbocycles. The molecule has 0 radical (unpaired) electrons. The van der Waals surface area contributed by atoms with Crippen LogP contribution < -0.4 is 0 Å². The second-order valence-corrected chi connectivity index (χ2v) is 11.4. The van der Waals surface area contributed by atoms with Gasteiger partial charge in [0, 0.05) is 58.9 Å². The molecule has 0 bridgehead atoms. The van der Waals surface area contributed by atoms with Crippen LogP contribution in [0.3, 0.4) is 0 Å². The summed E-state index contributed by atoms with van der Waals surface area (Å²) >= 11 is 0. The Morgan fingerprint density at radius 2 is 1.12 bits per heavy atom. The Kier molecular flexibility index (Phi) is 4.64. The number of fused-ring (bicyclic) bond motifs is 10. The third kappa shape index (κ3) is 3.04. The van der Waals surface area contributed by atoms with Gasteiger partial charge in [0.2, 0.25) is 11.8 Å². The van der Waals surface area contributed by atoms with Gasteiger partial charge >= 0.3 is 11.9 Å². The Morgan fingerprint density at radius 1 is 0.700 bits per heavy atom. The van der Waals surface area contributed by atoms with E-state index in [9.17, 15) is 29.4 Å². The molecule has 4 aromatic rings. The molecule has 2 saturated heterocycles. The molecule has 2 aromatic heterocycles. The van der Waals surface area contributed by atoms with Crippen LogP contribution in [0, 0.1) is 0 Å². The Morgan fingerprint density at radius 3 is 1.52 bits per heavy atom. The van der Waals surface area contributed by atoms with Gasteiger partial charge in [-0.15, -0.1) is 0 Å². The first-order valence-electron chi connectivity index (χ1n) is 13.7. The number of aromatic amines is 2. The number of carboxylic acid groups (broad SMARTS) is 2. The van der Waals surface area contributed by atoms with Crippen molar-refractivity contribution in [1.29, 1.82) is 0 Å². The molecule has 2 fully saturated rings. The highest BCUT2D eigenvalue weighted by Gasteiger charge is 2.47. The number of nitrogens with zero attached hydrogens (tertiary/aromatic N) is 2. The lowest BCUT2D eigenvalue weighted by Gasteiger charge is -2.35. The number of hydrogen-bond acceptors (Lipinski definition) is 4. The summed E-state index contributed by atoms with van der Waals surface area (Å²) in [5.41, 5.74) is 7.60. The fourth-order valence-corrected chi connectivity index (χ4v) is 7.67. The van der Waals surface area contributed by atoms with Crippen LogP contribution in [0.25, 0.3) is 32.9 Å². The van der Waals surface area contributed by atoms with Crippen LogP contribution in [0.5, 0.6) is 0 Å². The summed E-state index contributed by atoms with van der Waals surface area (Å²) < 4.78 is 0. The predicted octanol–water partition coefficient (Wildman–Crippen LogP) is 3.66. The molecule has 8 rings (SSSR count). The minimum atomic E-state index is -0.974. The molecule has 2 amide bonds. The van der Waals surface area contributed by atoms with E-state index in [1.807, 2.05) is 24.3 Å². The van der Waals surface area contributed by atoms with Gasteiger partial charge in [-0.3, -0.25) is 9.59 Å². The van der Waals surface area contributed by atoms with E-state index in [0.29, 0.717) is 25.7 Å². The normalized spacial score (nSPS) is 25.3. The van der Waals surface area contributed by atoms with Gasteiger partial charge in [-0.05, 0) is 47.2 Å². The van der Waals surface area contributed by atoms with Gasteiger partial charge in [-0.25, -0.2) is 9.59 Å². The molecule has 0 saturated carbocycles. The highest BCUT2D eigenvalue weighted by Crippen LogP contribution is 2.45. The van der Waals surface area contributed by atoms with Crippen LogP contribution in [-0.4, -0.2) is 65.8 Å². The maximum absolute atomic E-state index is 12.5. The van der Waals surface area contributed by atoms with E-state index in [1.165, 1.54) is 9.80 Å². The van der Waals surface area contributed by atoms with Crippen molar-refractivity contribution < 1.29 is 29.4 Å². The van der Waals surface area contributed by atoms with Crippen LogP contribution in [0.2, 0.25) is 0 Å². The van der Waals surface area contributed by atoms with Crippen LogP contribution in [-0.2, 0) is 32.0 Å². The third-order valence-electron chi connectivity index (χ3n) is 9.43. The fourth-order valence-electron chi connectivity index (χ4n) is 7.67. The lowest BCUT2D eigenvalue weighted by molar-refractivity contribution is -0.150. The van der Waals surface area contributed by atoms with Gasteiger partial charge < -0.3 is 30.0 Å². The van der Waals surface area contributed by atoms with E-state index in [0.717, 1.165) is 55.4 Å². The number of rotatable bonds is 3. The summed E-state index contributed by atoms with van der Waals surface area (Å²) in [6.45, 7) is 0. The third-order valence-corrected chi connectivity index (χ3v) is 9.43. The first kappa shape index (κ1) is 23.3. The van der Waals surface area contributed by atoms with Crippen molar-refractivity contribution in [2.75, 3.05) is 0 Å². The van der Waals surface area contributed by atoms with E-state index >= 15 is 0 Å². The zero-order chi connectivity index (χ0) is 27.4. The maximum Gasteiger partial charge on any atom is 0.326 e. The van der Waals surface area contributed by atoms with Crippen molar-refractivity contribution in [2.24, 2.45) is 0 Å². The van der Waals surface area contributed by atoms with Crippen LogP contribution in [0.1, 0.15) is 60.3 Å². The first-order chi connectivity index (χ1) is 19.3. The van der Waals surface area contributed by atoms with Gasteiger partial charge in [-0.1, -0.05) is 24.3 Å². The summed E-state index contributed by atoms with van der Waals surface area (Å²) in [4.78, 5) is 59.1. The number of carboxylic acids is 2. The Hall–Kier alpha value is -4.60. The molecule has 6 heterocycles. The SMILES string of the molecule is O=C(O)[C@@H]1Cc2c([nH]c3cc(-c4ccc5c6c([nH]c5c4)[C@@H]4CCC(=O)N4[C@H](C(=O)O)C6)ccc23)[C@H]2CCC(=O)N21. The van der Waals surface area contributed by atoms with E-state index in [4.69, 9.17) is 0 Å². The molecule has 4 aliphatic rings. The van der Waals surface area contributed by atoms with Crippen LogP contribution >= 0.6 is 0 Å². The number of aliphatic carboxylic acids is 2. The topological polar surface area (TPSA) is 147 Å². The number of nitrogens with one attached hydrogen (secondary N) is 2. The van der Waals surface area contributed by atoms with Crippen molar-refractivity contribution in [3.63, 3.8) is 0 Å². The van der Waals surface area contributed by atoms with Crippen LogP contribution in [0.15, 0.2) is 36.4 Å². The second kappa shape index (κ2) is 7.97. The molecular formula is C30H26N4O6. The minimum Gasteiger partial charge on any atom is -0.480 e. The van der Waals surface area contributed by atoms with Crippen molar-refractivity contribution in [3.8, 4) is 11.1 Å². The summed E-state index contributed by atoms with van der Waals surface area (Å²) in [5.74, 6) is -2.16. The lowest BCUT2D eigenvalue weighted by Crippen LogP contribution is -2.47. The molecule has 40 heavy (non-hydrogen) atoms. The van der Waals surface area contributed by atoms with Gasteiger partial charge in [0.15, 0.2) is 0 Å². The monoisotopic (exact) mass is 538 g/mol. The summed E-state index contributed by atoms with van der Waals surface area (Å²) in [6, 6.07) is 10.0. The Labute approximate surface area is 227 Å². The van der Waals surface area contributed by atoms with Crippen molar-refractivity contribution in [1.82, 2.24) is 19.8 Å². The lowest BCUT2D eigenvalue weighted by atomic mass is 9.91. The minimum absolute atomic E-state index is 0.107. The van der Waals surface area contributed by atoms with E-state index in [-0.39, 0.29) is 36.7 Å². The number of H-pyrrole nitrogens is 2. The number of amides is 2. The zero-order valence-corrected chi connectivity index (χ0v) is 21.4. The molecule has 2 aromatic carbocycles. The van der Waals surface area contributed by atoms with Crippen molar-refractivity contribution >= 4 is 45.6 Å². The Balaban J connectivity index is 1.19. The second-order valence-electron chi connectivity index (χ2n) is 11.4. The molecule has 4 aliphatic heterocycles. The van der Waals surface area contributed by atoms with Crippen molar-refractivity contribution in [3.05, 3.63) is 58.9 Å². The largest absolute Gasteiger partial charge is 0.480 e. The smallest absolute Gasteiger partial charge is 0.326 e. The Bertz CT molecular complexity index is 1690. The molecule has 0 spiro atoms. The van der Waals surface area contributed by atoms with Gasteiger partial charge in [0.25, 0.3) is 0 Å². The molecule has 0 unspecified atom stereocenters. The number of benzene rings is 2. The predicted molar refractivity (Wildman–Crippen MR) is 143 cm³/mol. The van der Waals surface area contributed by atoms with Crippen LogP contribution in [0.4, 0.5) is 0 Å². The summed E-state index contributed by atoms with van der Waals surface area (Å²) in [7, 11) is 0. The first-order valence-corrected chi connectivity index (χ1v) is 13.7. The van der Waals surface area contributed by atoms with E-state index in [1.54, 1.807) is 0 Å². The van der Waals surface area contributed by atoms with Gasteiger partial charge in [0.05, 0.1) is 12.1 Å². The zero-order valence-electron chi connectivity index (χ0n) is 21.4. The highest BCUT2D eigenvalue weighted by atomic mass is 16.4. The quantitative estimate of drug-likeness (QED) is 0.313. The van der Waals surface area contributed by atoms with E-state index < -0.39 is 24.0 Å². The molecule has 4 N–H and O–H groups in total. The maximum atomic E-state index is 12.5. The summed E-state index contributed by atoms with van der Waals surface area (Å²) in [5, 5.41) is 21.6. The number of carbonyl (C=O) groups is 4. The molecule has 4 atom stereocenters. The van der Waals surface area contributed by atoms with Gasteiger partial charge in [0.1, 0.15) is 12.1 Å². The standard InChI is InChI=1S/C30H26N4O6/c35-25-7-5-21-27-17(11-23(29(37)38)33(21)25)15-3-1-13(9-19(15)31-27)14-2-4-16-18-12-24(30(39)40)34-22(6-8-26(34)36)28(18)32-20(16)10-14/h1-4,9-10,21-24,31-32H,5-8,11-12H2,(H,37,38)(H,39,40)/t21-,22+,23-,24-/m0/s1. The molecule has 10 nitrogen and oxygen atoms in total.